The largest absolute Gasteiger partial charge is 0.426 e. The Hall–Kier alpha value is -2.33. The van der Waals surface area contributed by atoms with Gasteiger partial charge in [-0.2, -0.15) is 0 Å². The number of aryl methyl sites for hydroxylation is 2. The van der Waals surface area contributed by atoms with Crippen LogP contribution in [0.4, 0.5) is 0 Å². The lowest BCUT2D eigenvalue weighted by molar-refractivity contribution is -0.140. The van der Waals surface area contributed by atoms with Gasteiger partial charge < -0.3 is 9.64 Å². The summed E-state index contributed by atoms with van der Waals surface area (Å²) < 4.78 is 5.67. The third-order valence-electron chi connectivity index (χ3n) is 4.74. The second kappa shape index (κ2) is 7.92. The highest BCUT2D eigenvalue weighted by Crippen LogP contribution is 2.26. The number of para-hydroxylation sites is 1. The summed E-state index contributed by atoms with van der Waals surface area (Å²) >= 11 is 5.88. The van der Waals surface area contributed by atoms with Gasteiger partial charge in [0, 0.05) is 23.7 Å². The maximum absolute atomic E-state index is 12.7. The third-order valence-corrected chi connectivity index (χ3v) is 5.00. The molecule has 0 spiro atoms. The van der Waals surface area contributed by atoms with Gasteiger partial charge in [-0.15, -0.1) is 0 Å². The van der Waals surface area contributed by atoms with E-state index in [-0.39, 0.29) is 17.8 Å². The van der Waals surface area contributed by atoms with Crippen LogP contribution in [0.3, 0.4) is 0 Å². The lowest BCUT2D eigenvalue weighted by Crippen LogP contribution is -2.43. The van der Waals surface area contributed by atoms with Crippen molar-refractivity contribution in [2.24, 2.45) is 5.92 Å². The zero-order chi connectivity index (χ0) is 18.7. The van der Waals surface area contributed by atoms with Crippen LogP contribution in [0.5, 0.6) is 5.75 Å². The quantitative estimate of drug-likeness (QED) is 0.593. The number of nitrogens with zero attached hydrogens (tertiary/aromatic N) is 1. The van der Waals surface area contributed by atoms with Crippen molar-refractivity contribution in [3.63, 3.8) is 0 Å². The number of halogens is 1. The van der Waals surface area contributed by atoms with Crippen molar-refractivity contribution in [3.8, 4) is 5.75 Å². The van der Waals surface area contributed by atoms with E-state index in [2.05, 4.69) is 0 Å². The first-order valence-corrected chi connectivity index (χ1v) is 9.16. The normalized spacial score (nSPS) is 17.0. The number of piperidine rings is 1. The number of esters is 1. The van der Waals surface area contributed by atoms with E-state index in [1.165, 1.54) is 0 Å². The molecule has 3 rings (SSSR count). The van der Waals surface area contributed by atoms with Gasteiger partial charge >= 0.3 is 5.97 Å². The zero-order valence-electron chi connectivity index (χ0n) is 15.0. The van der Waals surface area contributed by atoms with Crippen molar-refractivity contribution < 1.29 is 14.3 Å². The summed E-state index contributed by atoms with van der Waals surface area (Å²) in [7, 11) is 0. The van der Waals surface area contributed by atoms with Crippen LogP contribution in [-0.4, -0.2) is 29.9 Å². The summed E-state index contributed by atoms with van der Waals surface area (Å²) in [5, 5.41) is 0.593. The zero-order valence-corrected chi connectivity index (χ0v) is 15.8. The molecule has 0 aliphatic carbocycles. The lowest BCUT2D eigenvalue weighted by Gasteiger charge is -2.31. The minimum absolute atomic E-state index is 0.0776. The summed E-state index contributed by atoms with van der Waals surface area (Å²) in [5.74, 6) is -0.0279. The van der Waals surface area contributed by atoms with Gasteiger partial charge in [-0.05, 0) is 62.1 Å². The Labute approximate surface area is 158 Å². The number of hydrogen-bond acceptors (Lipinski definition) is 3. The standard InChI is InChI=1S/C21H22ClNO3/c1-14-5-3-6-15(2)19(14)26-21(25)17-7-4-12-23(13-17)20(24)16-8-10-18(22)11-9-16/h3,5-6,8-11,17H,4,7,12-13H2,1-2H3/t17-/m0/s1. The summed E-state index contributed by atoms with van der Waals surface area (Å²) in [6, 6.07) is 12.6. The Kier molecular flexibility index (Phi) is 5.62. The fourth-order valence-corrected chi connectivity index (χ4v) is 3.40. The molecule has 0 saturated carbocycles. The Bertz CT molecular complexity index is 796. The monoisotopic (exact) mass is 371 g/mol. The Morgan fingerprint density at radius 2 is 1.73 bits per heavy atom. The number of benzene rings is 2. The molecular formula is C21H22ClNO3. The summed E-state index contributed by atoms with van der Waals surface area (Å²) in [6.07, 6.45) is 1.51. The number of rotatable bonds is 3. The van der Waals surface area contributed by atoms with E-state index in [0.717, 1.165) is 24.0 Å². The Morgan fingerprint density at radius 1 is 1.08 bits per heavy atom. The highest BCUT2D eigenvalue weighted by molar-refractivity contribution is 6.30. The van der Waals surface area contributed by atoms with Gasteiger partial charge in [0.05, 0.1) is 5.92 Å². The van der Waals surface area contributed by atoms with Crippen molar-refractivity contribution in [2.75, 3.05) is 13.1 Å². The highest BCUT2D eigenvalue weighted by atomic mass is 35.5. The minimum atomic E-state index is -0.306. The van der Waals surface area contributed by atoms with Crippen LogP contribution in [-0.2, 0) is 4.79 Å². The molecule has 0 unspecified atom stereocenters. The maximum Gasteiger partial charge on any atom is 0.316 e. The average molecular weight is 372 g/mol. The topological polar surface area (TPSA) is 46.6 Å². The van der Waals surface area contributed by atoms with Crippen molar-refractivity contribution in [3.05, 3.63) is 64.2 Å². The van der Waals surface area contributed by atoms with Crippen LogP contribution in [0.25, 0.3) is 0 Å². The molecule has 4 nitrogen and oxygen atoms in total. The van der Waals surface area contributed by atoms with E-state index in [1.54, 1.807) is 29.2 Å². The number of amides is 1. The highest BCUT2D eigenvalue weighted by Gasteiger charge is 2.30. The van der Waals surface area contributed by atoms with Crippen LogP contribution in [0.15, 0.2) is 42.5 Å². The third kappa shape index (κ3) is 4.07. The van der Waals surface area contributed by atoms with Gasteiger partial charge in [0.15, 0.2) is 0 Å². The van der Waals surface area contributed by atoms with E-state index in [1.807, 2.05) is 32.0 Å². The van der Waals surface area contributed by atoms with Crippen LogP contribution >= 0.6 is 11.6 Å². The molecule has 0 N–H and O–H groups in total. The minimum Gasteiger partial charge on any atom is -0.426 e. The van der Waals surface area contributed by atoms with E-state index < -0.39 is 0 Å². The van der Waals surface area contributed by atoms with Gasteiger partial charge in [-0.3, -0.25) is 9.59 Å². The molecule has 0 aromatic heterocycles. The Balaban J connectivity index is 1.69. The fraction of sp³-hybridized carbons (Fsp3) is 0.333. The predicted octanol–water partition coefficient (Wildman–Crippen LogP) is 4.41. The van der Waals surface area contributed by atoms with Crippen LogP contribution in [0, 0.1) is 19.8 Å². The van der Waals surface area contributed by atoms with E-state index >= 15 is 0 Å². The molecule has 1 amide bonds. The molecule has 1 aliphatic heterocycles. The van der Waals surface area contributed by atoms with Crippen LogP contribution in [0.2, 0.25) is 5.02 Å². The van der Waals surface area contributed by atoms with E-state index in [9.17, 15) is 9.59 Å². The number of likely N-dealkylation sites (tertiary alicyclic amines) is 1. The van der Waals surface area contributed by atoms with Gasteiger partial charge in [0.25, 0.3) is 5.91 Å². The summed E-state index contributed by atoms with van der Waals surface area (Å²) in [6.45, 7) is 4.87. The maximum atomic E-state index is 12.7. The molecule has 1 atom stereocenters. The van der Waals surface area contributed by atoms with Crippen molar-refractivity contribution in [1.29, 1.82) is 0 Å². The second-order valence-electron chi connectivity index (χ2n) is 6.74. The Morgan fingerprint density at radius 3 is 2.38 bits per heavy atom. The smallest absolute Gasteiger partial charge is 0.316 e. The molecule has 2 aromatic carbocycles. The molecule has 1 fully saturated rings. The molecule has 1 saturated heterocycles. The van der Waals surface area contributed by atoms with Gasteiger partial charge in [0.2, 0.25) is 0 Å². The molecule has 5 heteroatoms. The first kappa shape index (κ1) is 18.5. The first-order chi connectivity index (χ1) is 12.5. The number of carbonyl (C=O) groups is 2. The summed E-state index contributed by atoms with van der Waals surface area (Å²) in [4.78, 5) is 27.0. The van der Waals surface area contributed by atoms with Gasteiger partial charge in [-0.1, -0.05) is 29.8 Å². The molecule has 1 heterocycles. The van der Waals surface area contributed by atoms with Crippen molar-refractivity contribution in [1.82, 2.24) is 4.90 Å². The number of hydrogen-bond donors (Lipinski definition) is 0. The first-order valence-electron chi connectivity index (χ1n) is 8.78. The molecule has 26 heavy (non-hydrogen) atoms. The van der Waals surface area contributed by atoms with Gasteiger partial charge in [0.1, 0.15) is 5.75 Å². The molecular weight excluding hydrogens is 350 g/mol. The number of ether oxygens (including phenoxy) is 1. The van der Waals surface area contributed by atoms with E-state index in [4.69, 9.17) is 16.3 Å². The van der Waals surface area contributed by atoms with Crippen molar-refractivity contribution in [2.45, 2.75) is 26.7 Å². The molecule has 2 aromatic rings. The lowest BCUT2D eigenvalue weighted by atomic mass is 9.97. The van der Waals surface area contributed by atoms with Gasteiger partial charge in [-0.25, -0.2) is 0 Å². The molecule has 136 valence electrons. The van der Waals surface area contributed by atoms with E-state index in [0.29, 0.717) is 29.4 Å². The van der Waals surface area contributed by atoms with Crippen LogP contribution < -0.4 is 4.74 Å². The summed E-state index contributed by atoms with van der Waals surface area (Å²) in [5.41, 5.74) is 2.45. The number of carbonyl (C=O) groups excluding carboxylic acids is 2. The van der Waals surface area contributed by atoms with Crippen LogP contribution in [0.1, 0.15) is 34.3 Å². The van der Waals surface area contributed by atoms with Crippen molar-refractivity contribution >= 4 is 23.5 Å². The molecule has 1 aliphatic rings. The molecule has 0 bridgehead atoms. The predicted molar refractivity (Wildman–Crippen MR) is 102 cm³/mol. The average Bonchev–Trinajstić information content (AvgIpc) is 2.65. The second-order valence-corrected chi connectivity index (χ2v) is 7.18. The molecule has 0 radical (unpaired) electrons. The SMILES string of the molecule is Cc1cccc(C)c1OC(=O)[C@H]1CCCN(C(=O)c2ccc(Cl)cc2)C1. The fourth-order valence-electron chi connectivity index (χ4n) is 3.27.